The number of nitrogen functional groups attached to an aromatic ring is 1. The van der Waals surface area contributed by atoms with Crippen LogP contribution < -0.4 is 15.8 Å². The number of anilines is 2. The van der Waals surface area contributed by atoms with Crippen LogP contribution in [0.4, 0.5) is 16.5 Å². The molecule has 1 amide bonds. The molecule has 3 rings (SSSR count). The van der Waals surface area contributed by atoms with E-state index in [9.17, 15) is 4.79 Å². The number of thiazole rings is 1. The van der Waals surface area contributed by atoms with Crippen LogP contribution >= 0.6 is 11.3 Å². The maximum absolute atomic E-state index is 12.0. The molecule has 0 bridgehead atoms. The van der Waals surface area contributed by atoms with E-state index in [1.807, 2.05) is 5.38 Å². The molecule has 0 unspecified atom stereocenters. The molecule has 1 aromatic carbocycles. The lowest BCUT2D eigenvalue weighted by atomic mass is 9.81. The number of nitrogens with two attached hydrogens (primary N) is 1. The first-order chi connectivity index (χ1) is 11.2. The van der Waals surface area contributed by atoms with Gasteiger partial charge in [0.15, 0.2) is 5.13 Å². The van der Waals surface area contributed by atoms with Crippen molar-refractivity contribution in [2.75, 3.05) is 11.1 Å². The van der Waals surface area contributed by atoms with E-state index in [-0.39, 0.29) is 17.9 Å². The van der Waals surface area contributed by atoms with Crippen LogP contribution in [0.2, 0.25) is 0 Å². The molecular formula is C14H14N6O2S. The smallest absolute Gasteiger partial charge is 0.229 e. The number of hydrogen-bond acceptors (Lipinski definition) is 6. The summed E-state index contributed by atoms with van der Waals surface area (Å²) in [7, 11) is 0. The van der Waals surface area contributed by atoms with E-state index in [1.54, 1.807) is 24.4 Å². The van der Waals surface area contributed by atoms with E-state index in [4.69, 9.17) is 16.0 Å². The Morgan fingerprint density at radius 3 is 3.04 bits per heavy atom. The van der Waals surface area contributed by atoms with Gasteiger partial charge in [-0.25, -0.2) is 4.98 Å². The molecule has 2 aromatic rings. The first kappa shape index (κ1) is 15.1. The van der Waals surface area contributed by atoms with Gasteiger partial charge in [-0.2, -0.15) is 0 Å². The Balaban J connectivity index is 1.55. The molecule has 23 heavy (non-hydrogen) atoms. The van der Waals surface area contributed by atoms with Gasteiger partial charge in [0, 0.05) is 22.4 Å². The average molecular weight is 330 g/mol. The second-order valence-electron chi connectivity index (χ2n) is 5.11. The fourth-order valence-electron chi connectivity index (χ4n) is 2.32. The van der Waals surface area contributed by atoms with Gasteiger partial charge in [0.05, 0.1) is 11.4 Å². The van der Waals surface area contributed by atoms with Crippen molar-refractivity contribution >= 4 is 33.8 Å². The molecule has 1 aliphatic carbocycles. The summed E-state index contributed by atoms with van der Waals surface area (Å²) in [5.41, 5.74) is 15.0. The lowest BCUT2D eigenvalue weighted by Crippen LogP contribution is -2.40. The summed E-state index contributed by atoms with van der Waals surface area (Å²) in [6, 6.07) is 5.04. The van der Waals surface area contributed by atoms with Gasteiger partial charge in [-0.3, -0.25) is 4.79 Å². The second-order valence-corrected chi connectivity index (χ2v) is 6.01. The van der Waals surface area contributed by atoms with Gasteiger partial charge in [0.1, 0.15) is 11.9 Å². The lowest BCUT2D eigenvalue weighted by Gasteiger charge is -2.34. The van der Waals surface area contributed by atoms with Crippen molar-refractivity contribution in [1.29, 1.82) is 0 Å². The number of carbonyl (C=O) groups excluding carboxylic acids is 1. The highest BCUT2D eigenvalue weighted by atomic mass is 32.1. The van der Waals surface area contributed by atoms with Crippen molar-refractivity contribution < 1.29 is 9.53 Å². The van der Waals surface area contributed by atoms with Crippen molar-refractivity contribution in [2.24, 2.45) is 11.0 Å². The highest BCUT2D eigenvalue weighted by molar-refractivity contribution is 7.13. The first-order valence-corrected chi connectivity index (χ1v) is 7.86. The van der Waals surface area contributed by atoms with Crippen LogP contribution in [0.1, 0.15) is 12.8 Å². The number of nitrogens with zero attached hydrogens (tertiary/aromatic N) is 4. The number of benzene rings is 1. The summed E-state index contributed by atoms with van der Waals surface area (Å²) in [5, 5.41) is 8.70. The zero-order valence-corrected chi connectivity index (χ0v) is 12.9. The summed E-state index contributed by atoms with van der Waals surface area (Å²) in [6.07, 6.45) is 2.79. The number of hydrogen-bond donors (Lipinski definition) is 2. The minimum atomic E-state index is -0.0922. The SMILES string of the molecule is [N-]=[N+]=Nc1cccc(OC2CC(C(=O)Nc3nccs3)C2)c1N. The summed E-state index contributed by atoms with van der Waals surface area (Å²) >= 11 is 1.38. The highest BCUT2D eigenvalue weighted by Crippen LogP contribution is 2.37. The Bertz CT molecular complexity index is 751. The molecule has 0 saturated heterocycles. The van der Waals surface area contributed by atoms with Crippen molar-refractivity contribution in [3.05, 3.63) is 40.2 Å². The molecule has 1 heterocycles. The Kier molecular flexibility index (Phi) is 4.31. The topological polar surface area (TPSA) is 126 Å². The molecule has 8 nitrogen and oxygen atoms in total. The molecular weight excluding hydrogens is 316 g/mol. The number of rotatable bonds is 5. The second kappa shape index (κ2) is 6.55. The van der Waals surface area contributed by atoms with Gasteiger partial charge >= 0.3 is 0 Å². The highest BCUT2D eigenvalue weighted by Gasteiger charge is 2.36. The van der Waals surface area contributed by atoms with E-state index in [2.05, 4.69) is 20.3 Å². The van der Waals surface area contributed by atoms with Crippen LogP contribution in [0.15, 0.2) is 34.9 Å². The molecule has 0 atom stereocenters. The van der Waals surface area contributed by atoms with Crippen LogP contribution in [0.3, 0.4) is 0 Å². The minimum absolute atomic E-state index is 0.0457. The number of aromatic nitrogens is 1. The minimum Gasteiger partial charge on any atom is -0.488 e. The predicted molar refractivity (Wildman–Crippen MR) is 87.5 cm³/mol. The molecule has 1 saturated carbocycles. The van der Waals surface area contributed by atoms with Crippen LogP contribution in [0, 0.1) is 5.92 Å². The lowest BCUT2D eigenvalue weighted by molar-refractivity contribution is -0.125. The third-order valence-corrected chi connectivity index (χ3v) is 4.31. The van der Waals surface area contributed by atoms with E-state index in [1.165, 1.54) is 11.3 Å². The Morgan fingerprint density at radius 1 is 1.52 bits per heavy atom. The monoisotopic (exact) mass is 330 g/mol. The fourth-order valence-corrected chi connectivity index (χ4v) is 2.85. The number of ether oxygens (including phenoxy) is 1. The summed E-state index contributed by atoms with van der Waals surface area (Å²) < 4.78 is 5.78. The largest absolute Gasteiger partial charge is 0.488 e. The zero-order valence-electron chi connectivity index (χ0n) is 12.0. The summed E-state index contributed by atoms with van der Waals surface area (Å²) in [4.78, 5) is 18.8. The summed E-state index contributed by atoms with van der Waals surface area (Å²) in [5.74, 6) is 0.333. The molecule has 0 spiro atoms. The third kappa shape index (κ3) is 3.36. The van der Waals surface area contributed by atoms with Gasteiger partial charge in [0.25, 0.3) is 0 Å². The molecule has 0 aliphatic heterocycles. The molecule has 1 aliphatic rings. The quantitative estimate of drug-likeness (QED) is 0.376. The first-order valence-electron chi connectivity index (χ1n) is 6.98. The van der Waals surface area contributed by atoms with Gasteiger partial charge in [-0.1, -0.05) is 17.2 Å². The zero-order chi connectivity index (χ0) is 16.2. The fraction of sp³-hybridized carbons (Fsp3) is 0.286. The molecule has 9 heteroatoms. The Hall–Kier alpha value is -2.77. The van der Waals surface area contributed by atoms with E-state index >= 15 is 0 Å². The Labute approximate surface area is 135 Å². The molecule has 0 radical (unpaired) electrons. The molecule has 118 valence electrons. The maximum Gasteiger partial charge on any atom is 0.229 e. The third-order valence-electron chi connectivity index (χ3n) is 3.62. The molecule has 3 N–H and O–H groups in total. The van der Waals surface area contributed by atoms with E-state index in [0.717, 1.165) is 0 Å². The number of azide groups is 1. The maximum atomic E-state index is 12.0. The number of nitrogens with one attached hydrogen (secondary N) is 1. The van der Waals surface area contributed by atoms with Crippen LogP contribution in [-0.2, 0) is 4.79 Å². The predicted octanol–water partition coefficient (Wildman–Crippen LogP) is 3.46. The number of carbonyl (C=O) groups is 1. The number of amides is 1. The average Bonchev–Trinajstić information content (AvgIpc) is 2.99. The molecule has 1 aromatic heterocycles. The number of para-hydroxylation sites is 1. The standard InChI is InChI=1S/C14H14N6O2S/c15-12-10(19-20-16)2-1-3-11(12)22-9-6-8(7-9)13(21)18-14-17-4-5-23-14/h1-5,8-9H,6-7,15H2,(H,17,18,21). The van der Waals surface area contributed by atoms with Crippen LogP contribution in [-0.4, -0.2) is 17.0 Å². The van der Waals surface area contributed by atoms with Gasteiger partial charge in [-0.05, 0) is 24.4 Å². The molecule has 1 fully saturated rings. The Morgan fingerprint density at radius 2 is 2.35 bits per heavy atom. The van der Waals surface area contributed by atoms with Gasteiger partial charge < -0.3 is 15.8 Å². The van der Waals surface area contributed by atoms with Crippen LogP contribution in [0.5, 0.6) is 5.75 Å². The van der Waals surface area contributed by atoms with Crippen molar-refractivity contribution in [1.82, 2.24) is 4.98 Å². The van der Waals surface area contributed by atoms with Crippen molar-refractivity contribution in [3.63, 3.8) is 0 Å². The van der Waals surface area contributed by atoms with E-state index in [0.29, 0.717) is 35.1 Å². The van der Waals surface area contributed by atoms with Gasteiger partial charge in [0.2, 0.25) is 5.91 Å². The normalized spacial score (nSPS) is 19.3. The van der Waals surface area contributed by atoms with Crippen molar-refractivity contribution in [2.45, 2.75) is 18.9 Å². The van der Waals surface area contributed by atoms with Gasteiger partial charge in [-0.15, -0.1) is 11.3 Å². The summed E-state index contributed by atoms with van der Waals surface area (Å²) in [6.45, 7) is 0. The van der Waals surface area contributed by atoms with Crippen molar-refractivity contribution in [3.8, 4) is 5.75 Å². The van der Waals surface area contributed by atoms with E-state index < -0.39 is 0 Å². The van der Waals surface area contributed by atoms with Crippen LogP contribution in [0.25, 0.3) is 10.4 Å².